The quantitative estimate of drug-likeness (QED) is 0.270. The first-order valence-corrected chi connectivity index (χ1v) is 16.6. The molecule has 6 heterocycles. The Morgan fingerprint density at radius 3 is 2.85 bits per heavy atom. The minimum Gasteiger partial charge on any atom is -0.508 e. The fourth-order valence-corrected chi connectivity index (χ4v) is 8.64. The third-order valence-electron chi connectivity index (χ3n) is 10.8. The molecule has 0 unspecified atom stereocenters. The maximum Gasteiger partial charge on any atom is 0.319 e. The van der Waals surface area contributed by atoms with E-state index in [9.17, 15) is 13.9 Å². The van der Waals surface area contributed by atoms with Crippen LogP contribution in [-0.2, 0) is 6.42 Å². The lowest BCUT2D eigenvalue weighted by Gasteiger charge is -2.44. The van der Waals surface area contributed by atoms with Gasteiger partial charge in [0.05, 0.1) is 22.2 Å². The van der Waals surface area contributed by atoms with Crippen molar-refractivity contribution in [1.82, 2.24) is 25.2 Å². The largest absolute Gasteiger partial charge is 0.508 e. The highest BCUT2D eigenvalue weighted by Gasteiger charge is 2.49. The summed E-state index contributed by atoms with van der Waals surface area (Å²) in [6.45, 7) is 4.98. The summed E-state index contributed by atoms with van der Waals surface area (Å²) in [5.41, 5.74) is 0.298. The van der Waals surface area contributed by atoms with Crippen LogP contribution in [0.15, 0.2) is 24.3 Å². The minimum absolute atomic E-state index is 0.0278. The number of terminal acetylenes is 1. The third kappa shape index (κ3) is 4.87. The summed E-state index contributed by atoms with van der Waals surface area (Å²) < 4.78 is 53.0. The van der Waals surface area contributed by atoms with Crippen LogP contribution < -0.4 is 15.0 Å². The Morgan fingerprint density at radius 2 is 2.02 bits per heavy atom. The van der Waals surface area contributed by atoms with E-state index in [4.69, 9.17) is 21.1 Å². The van der Waals surface area contributed by atoms with Crippen LogP contribution in [0.4, 0.5) is 19.0 Å². The molecule has 8 nitrogen and oxygen atoms in total. The molecule has 3 fully saturated rings. The molecule has 0 saturated carbocycles. The van der Waals surface area contributed by atoms with Gasteiger partial charge in [-0.25, -0.2) is 18.2 Å². The number of phenols is 1. The van der Waals surface area contributed by atoms with Crippen molar-refractivity contribution in [3.05, 3.63) is 47.2 Å². The maximum absolute atomic E-state index is 17.1. The van der Waals surface area contributed by atoms with Crippen molar-refractivity contribution in [2.75, 3.05) is 37.7 Å². The van der Waals surface area contributed by atoms with E-state index in [2.05, 4.69) is 32.9 Å². The van der Waals surface area contributed by atoms with Crippen molar-refractivity contribution in [3.63, 3.8) is 0 Å². The van der Waals surface area contributed by atoms with E-state index < -0.39 is 23.3 Å². The number of aromatic nitrogens is 3. The van der Waals surface area contributed by atoms with Gasteiger partial charge in [0.2, 0.25) is 0 Å². The number of phenolic OH excluding ortho intramolecular Hbond substituents is 1. The number of anilines is 1. The lowest BCUT2D eigenvalue weighted by Crippen LogP contribution is -2.58. The molecule has 0 amide bonds. The molecule has 2 aromatic carbocycles. The summed E-state index contributed by atoms with van der Waals surface area (Å²) in [7, 11) is 0. The Labute approximate surface area is 271 Å². The van der Waals surface area contributed by atoms with Crippen molar-refractivity contribution in [2.24, 2.45) is 0 Å². The number of pyridine rings is 1. The van der Waals surface area contributed by atoms with Gasteiger partial charge >= 0.3 is 6.01 Å². The van der Waals surface area contributed by atoms with Gasteiger partial charge < -0.3 is 20.1 Å². The van der Waals surface area contributed by atoms with E-state index in [-0.39, 0.29) is 58.2 Å². The third-order valence-corrected chi connectivity index (χ3v) is 10.8. The smallest absolute Gasteiger partial charge is 0.319 e. The second kappa shape index (κ2) is 11.5. The number of ether oxygens (including phenoxy) is 1. The molecule has 2 aromatic heterocycles. The molecule has 2 N–H and O–H groups in total. The number of hydrogen-bond acceptors (Lipinski definition) is 8. The fraction of sp³-hybridized carbons (Fsp3) is 0.472. The lowest BCUT2D eigenvalue weighted by atomic mass is 9.91. The Morgan fingerprint density at radius 1 is 1.15 bits per heavy atom. The van der Waals surface area contributed by atoms with E-state index in [1.165, 1.54) is 24.3 Å². The molecule has 4 aliphatic heterocycles. The first kappa shape index (κ1) is 30.2. The molecule has 0 radical (unpaired) electrons. The molecule has 4 aromatic rings. The van der Waals surface area contributed by atoms with Crippen LogP contribution >= 0.6 is 0 Å². The van der Waals surface area contributed by atoms with Crippen LogP contribution in [-0.4, -0.2) is 81.5 Å². The van der Waals surface area contributed by atoms with E-state index >= 15 is 4.39 Å². The Balaban J connectivity index is 1.34. The summed E-state index contributed by atoms with van der Waals surface area (Å²) >= 11 is 0. The van der Waals surface area contributed by atoms with Gasteiger partial charge in [0, 0.05) is 49.1 Å². The topological polar surface area (TPSA) is 86.6 Å². The van der Waals surface area contributed by atoms with Crippen molar-refractivity contribution in [1.29, 1.82) is 0 Å². The van der Waals surface area contributed by atoms with Gasteiger partial charge in [0.15, 0.2) is 5.82 Å². The van der Waals surface area contributed by atoms with Crippen LogP contribution in [0.25, 0.3) is 32.9 Å². The summed E-state index contributed by atoms with van der Waals surface area (Å²) in [6.07, 6.45) is 10.1. The average Bonchev–Trinajstić information content (AvgIpc) is 3.59. The zero-order valence-electron chi connectivity index (χ0n) is 26.3. The molecular formula is C36H37F3N6O2. The minimum atomic E-state index is -0.916. The van der Waals surface area contributed by atoms with Gasteiger partial charge in [-0.1, -0.05) is 18.9 Å². The highest BCUT2D eigenvalue weighted by molar-refractivity contribution is 6.03. The van der Waals surface area contributed by atoms with E-state index in [0.29, 0.717) is 48.2 Å². The normalized spacial score (nSPS) is 25.8. The van der Waals surface area contributed by atoms with Gasteiger partial charge in [0.25, 0.3) is 0 Å². The Bertz CT molecular complexity index is 1950. The number of alkyl halides is 1. The van der Waals surface area contributed by atoms with Crippen LogP contribution in [0.5, 0.6) is 11.8 Å². The molecular weight excluding hydrogens is 605 g/mol. The molecule has 4 aliphatic rings. The van der Waals surface area contributed by atoms with Crippen LogP contribution in [0.1, 0.15) is 56.7 Å². The SMILES string of the molecule is C#Cc1c(F)ccc2cc(O)cc(-c3nc4c5c(nc(OC[C@@]67CCCN6C[C@H](F)C7)nc5c3F)N3CCN[C@@H](CC)[C@@H]3CCC4)c12. The molecule has 0 bridgehead atoms. The molecule has 0 aliphatic carbocycles. The van der Waals surface area contributed by atoms with Gasteiger partial charge in [-0.3, -0.25) is 4.90 Å². The molecule has 3 saturated heterocycles. The van der Waals surface area contributed by atoms with Gasteiger partial charge in [-0.2, -0.15) is 9.97 Å². The lowest BCUT2D eigenvalue weighted by molar-refractivity contribution is 0.107. The number of hydrogen-bond donors (Lipinski definition) is 2. The first-order valence-electron chi connectivity index (χ1n) is 16.6. The summed E-state index contributed by atoms with van der Waals surface area (Å²) in [4.78, 5) is 18.9. The van der Waals surface area contributed by atoms with Gasteiger partial charge in [-0.05, 0) is 68.7 Å². The molecule has 4 atom stereocenters. The number of benzene rings is 2. The van der Waals surface area contributed by atoms with Crippen molar-refractivity contribution in [2.45, 2.75) is 75.7 Å². The Hall–Kier alpha value is -4.14. The van der Waals surface area contributed by atoms with Crippen LogP contribution in [0, 0.1) is 24.0 Å². The maximum atomic E-state index is 17.1. The number of aryl methyl sites for hydroxylation is 1. The number of piperazine rings is 1. The molecule has 47 heavy (non-hydrogen) atoms. The molecule has 8 rings (SSSR count). The number of nitrogens with zero attached hydrogens (tertiary/aromatic N) is 5. The number of fused-ring (bicyclic) bond motifs is 4. The van der Waals surface area contributed by atoms with Crippen LogP contribution in [0.3, 0.4) is 0 Å². The van der Waals surface area contributed by atoms with E-state index in [0.717, 1.165) is 45.2 Å². The highest BCUT2D eigenvalue weighted by atomic mass is 19.1. The predicted molar refractivity (Wildman–Crippen MR) is 174 cm³/mol. The average molecular weight is 643 g/mol. The molecule has 244 valence electrons. The fourth-order valence-electron chi connectivity index (χ4n) is 8.64. The van der Waals surface area contributed by atoms with E-state index in [1.54, 1.807) is 0 Å². The van der Waals surface area contributed by atoms with Gasteiger partial charge in [-0.15, -0.1) is 6.42 Å². The summed E-state index contributed by atoms with van der Waals surface area (Å²) in [5, 5.41) is 15.6. The first-order chi connectivity index (χ1) is 22.8. The zero-order valence-corrected chi connectivity index (χ0v) is 26.3. The van der Waals surface area contributed by atoms with Crippen molar-refractivity contribution >= 4 is 27.5 Å². The monoisotopic (exact) mass is 642 g/mol. The van der Waals surface area contributed by atoms with E-state index in [1.807, 2.05) is 0 Å². The number of nitrogens with one attached hydrogen (secondary N) is 1. The molecule has 11 heteroatoms. The highest BCUT2D eigenvalue weighted by Crippen LogP contribution is 2.43. The molecule has 0 spiro atoms. The number of aromatic hydroxyl groups is 1. The van der Waals surface area contributed by atoms with Crippen LogP contribution in [0.2, 0.25) is 0 Å². The second-order valence-electron chi connectivity index (χ2n) is 13.4. The second-order valence-corrected chi connectivity index (χ2v) is 13.4. The number of rotatable bonds is 5. The predicted octanol–water partition coefficient (Wildman–Crippen LogP) is 5.66. The summed E-state index contributed by atoms with van der Waals surface area (Å²) in [6, 6.07) is 5.98. The van der Waals surface area contributed by atoms with Crippen molar-refractivity contribution in [3.8, 4) is 35.4 Å². The Kier molecular flexibility index (Phi) is 7.41. The standard InChI is InChI=1S/C36H37F3N6O2/c1-3-23-25(38)10-9-20-15-22(46)16-24(29(20)23)32-31(39)33-30-27(41-32)7-5-8-28-26(4-2)40-12-14-45(28)34(30)43-35(42-33)47-19-36-11-6-13-44(36)18-21(37)17-36/h1,9-10,15-16,21,26,28,40,46H,4-8,11-14,17-19H2,2H3/t21-,26+,28+,36+/m1/s1. The zero-order chi connectivity index (χ0) is 32.4. The number of halogens is 3. The van der Waals surface area contributed by atoms with Gasteiger partial charge in [0.1, 0.15) is 41.4 Å². The van der Waals surface area contributed by atoms with Crippen molar-refractivity contribution < 1.29 is 23.0 Å². The summed E-state index contributed by atoms with van der Waals surface area (Å²) in [5.74, 6) is 1.50.